The Kier molecular flexibility index (Phi) is 8.47. The van der Waals surface area contributed by atoms with Gasteiger partial charge >= 0.3 is 0 Å². The Bertz CT molecular complexity index is 1630. The minimum Gasteiger partial charge on any atom is -0.135 e. The lowest BCUT2D eigenvalue weighted by Gasteiger charge is -2.05. The number of aryl methyl sites for hydroxylation is 2. The van der Waals surface area contributed by atoms with Crippen molar-refractivity contribution in [3.63, 3.8) is 0 Å². The first-order valence-corrected chi connectivity index (χ1v) is 17.3. The molecule has 0 nitrogen and oxygen atoms in total. The summed E-state index contributed by atoms with van der Waals surface area (Å²) >= 11 is 3.98. The lowest BCUT2D eigenvalue weighted by molar-refractivity contribution is 0.527. The van der Waals surface area contributed by atoms with Gasteiger partial charge < -0.3 is 0 Å². The molecule has 0 fully saturated rings. The van der Waals surface area contributed by atoms with Crippen molar-refractivity contribution in [3.05, 3.63) is 71.8 Å². The standard InChI is InChI=1S/C38H44S2/c1-25(2)11-7-5-9-13-27-15-17-29-31-19-21-34-33(37(31)39-35(29)23-27)22-20-32-30-18-16-28(24-36(30)40-38(32)34)14-10-6-8-12-26(3)4/h15-26H,5-14H2,1-4H3. The first-order chi connectivity index (χ1) is 19.5. The van der Waals surface area contributed by atoms with Crippen LogP contribution < -0.4 is 0 Å². The SMILES string of the molecule is CC(C)CCCCCc1ccc2c(c1)sc1c2ccc2c1ccc1c3ccc(CCCCCC(C)C)cc3sc12. The smallest absolute Gasteiger partial charge is 0.0434 e. The molecule has 2 heteroatoms. The van der Waals surface area contributed by atoms with Crippen LogP contribution in [0.15, 0.2) is 60.7 Å². The molecule has 208 valence electrons. The minimum absolute atomic E-state index is 0.824. The third-order valence-electron chi connectivity index (χ3n) is 8.69. The number of rotatable bonds is 12. The molecule has 0 saturated heterocycles. The van der Waals surface area contributed by atoms with Gasteiger partial charge in [-0.05, 0) is 60.8 Å². The summed E-state index contributed by atoms with van der Waals surface area (Å²) in [5.74, 6) is 1.65. The fraction of sp³-hybridized carbons (Fsp3) is 0.421. The van der Waals surface area contributed by atoms with Gasteiger partial charge in [-0.1, -0.05) is 115 Å². The second-order valence-corrected chi connectivity index (χ2v) is 14.9. The van der Waals surface area contributed by atoms with Gasteiger partial charge in [0.25, 0.3) is 0 Å². The predicted molar refractivity (Wildman–Crippen MR) is 184 cm³/mol. The van der Waals surface area contributed by atoms with Crippen LogP contribution in [0.25, 0.3) is 51.1 Å². The molecule has 0 bridgehead atoms. The summed E-state index contributed by atoms with van der Waals surface area (Å²) in [4.78, 5) is 0. The number of thiophene rings is 2. The Morgan fingerprint density at radius 3 is 1.23 bits per heavy atom. The molecule has 0 unspecified atom stereocenters. The van der Waals surface area contributed by atoms with Crippen molar-refractivity contribution in [1.29, 1.82) is 0 Å². The summed E-state index contributed by atoms with van der Waals surface area (Å²) in [6.07, 6.45) is 13.1. The highest BCUT2D eigenvalue weighted by Gasteiger charge is 2.14. The Morgan fingerprint density at radius 1 is 0.450 bits per heavy atom. The molecule has 0 aliphatic heterocycles. The van der Waals surface area contributed by atoms with Gasteiger partial charge in [-0.25, -0.2) is 0 Å². The highest BCUT2D eigenvalue weighted by atomic mass is 32.1. The van der Waals surface area contributed by atoms with E-state index in [0.717, 1.165) is 11.8 Å². The first-order valence-electron chi connectivity index (χ1n) is 15.7. The largest absolute Gasteiger partial charge is 0.135 e. The zero-order valence-corrected chi connectivity index (χ0v) is 26.4. The van der Waals surface area contributed by atoms with Crippen molar-refractivity contribution in [1.82, 2.24) is 0 Å². The van der Waals surface area contributed by atoms with E-state index in [4.69, 9.17) is 0 Å². The zero-order chi connectivity index (χ0) is 27.6. The fourth-order valence-electron chi connectivity index (χ4n) is 6.39. The average molecular weight is 565 g/mol. The second kappa shape index (κ2) is 12.2. The molecule has 6 aromatic rings. The molecule has 4 aromatic carbocycles. The predicted octanol–water partition coefficient (Wildman–Crippen LogP) is 13.1. The maximum atomic E-state index is 2.47. The van der Waals surface area contributed by atoms with E-state index in [9.17, 15) is 0 Å². The van der Waals surface area contributed by atoms with Gasteiger partial charge in [0.05, 0.1) is 0 Å². The fourth-order valence-corrected chi connectivity index (χ4v) is 8.98. The Hall–Kier alpha value is -2.42. The van der Waals surface area contributed by atoms with Crippen LogP contribution in [-0.4, -0.2) is 0 Å². The maximum absolute atomic E-state index is 2.47. The number of hydrogen-bond donors (Lipinski definition) is 0. The van der Waals surface area contributed by atoms with Crippen molar-refractivity contribution in [3.8, 4) is 0 Å². The third-order valence-corrected chi connectivity index (χ3v) is 11.1. The van der Waals surface area contributed by atoms with E-state index in [0.29, 0.717) is 0 Å². The highest BCUT2D eigenvalue weighted by molar-refractivity contribution is 7.28. The van der Waals surface area contributed by atoms with Crippen LogP contribution in [-0.2, 0) is 12.8 Å². The van der Waals surface area contributed by atoms with E-state index in [1.807, 2.05) is 22.7 Å². The maximum Gasteiger partial charge on any atom is 0.0434 e. The summed E-state index contributed by atoms with van der Waals surface area (Å²) in [5, 5.41) is 8.49. The van der Waals surface area contributed by atoms with Crippen LogP contribution in [0.3, 0.4) is 0 Å². The van der Waals surface area contributed by atoms with Gasteiger partial charge in [-0.3, -0.25) is 0 Å². The molecular weight excluding hydrogens is 521 g/mol. The summed E-state index contributed by atoms with van der Waals surface area (Å²) in [7, 11) is 0. The second-order valence-electron chi connectivity index (χ2n) is 12.8. The molecule has 0 amide bonds. The molecule has 0 aliphatic rings. The summed E-state index contributed by atoms with van der Waals surface area (Å²) in [6.45, 7) is 9.33. The van der Waals surface area contributed by atoms with E-state index in [1.54, 1.807) is 0 Å². The number of fused-ring (bicyclic) bond motifs is 9. The molecule has 0 spiro atoms. The van der Waals surface area contributed by atoms with Gasteiger partial charge in [0.2, 0.25) is 0 Å². The molecule has 40 heavy (non-hydrogen) atoms. The highest BCUT2D eigenvalue weighted by Crippen LogP contribution is 2.44. The first kappa shape index (κ1) is 27.7. The van der Waals surface area contributed by atoms with Gasteiger partial charge in [0.1, 0.15) is 0 Å². The molecule has 0 N–H and O–H groups in total. The van der Waals surface area contributed by atoms with Crippen LogP contribution in [0.5, 0.6) is 0 Å². The molecule has 0 aliphatic carbocycles. The van der Waals surface area contributed by atoms with Gasteiger partial charge in [0.15, 0.2) is 0 Å². The quantitative estimate of drug-likeness (QED) is 0.130. The van der Waals surface area contributed by atoms with Crippen molar-refractivity contribution in [2.24, 2.45) is 11.8 Å². The van der Waals surface area contributed by atoms with E-state index in [1.165, 1.54) is 126 Å². The van der Waals surface area contributed by atoms with Crippen molar-refractivity contribution < 1.29 is 0 Å². The normalized spacial score (nSPS) is 12.4. The lowest BCUT2D eigenvalue weighted by Crippen LogP contribution is -1.89. The lowest BCUT2D eigenvalue weighted by atomic mass is 10.00. The number of hydrogen-bond acceptors (Lipinski definition) is 2. The van der Waals surface area contributed by atoms with E-state index in [-0.39, 0.29) is 0 Å². The van der Waals surface area contributed by atoms with Crippen LogP contribution in [0.4, 0.5) is 0 Å². The number of benzene rings is 4. The molecule has 2 aromatic heterocycles. The zero-order valence-electron chi connectivity index (χ0n) is 24.8. The number of unbranched alkanes of at least 4 members (excludes halogenated alkanes) is 4. The molecule has 0 saturated carbocycles. The topological polar surface area (TPSA) is 0 Å². The molecule has 2 heterocycles. The Labute approximate surface area is 248 Å². The molecule has 0 radical (unpaired) electrons. The van der Waals surface area contributed by atoms with Gasteiger partial charge in [0, 0.05) is 51.1 Å². The van der Waals surface area contributed by atoms with Crippen LogP contribution >= 0.6 is 22.7 Å². The summed E-state index contributed by atoms with van der Waals surface area (Å²) in [5.41, 5.74) is 2.99. The Balaban J connectivity index is 1.27. The van der Waals surface area contributed by atoms with E-state index in [2.05, 4.69) is 88.4 Å². The van der Waals surface area contributed by atoms with Crippen molar-refractivity contribution in [2.45, 2.75) is 91.9 Å². The van der Waals surface area contributed by atoms with E-state index >= 15 is 0 Å². The van der Waals surface area contributed by atoms with Crippen LogP contribution in [0.1, 0.15) is 90.2 Å². The molecule has 0 atom stereocenters. The average Bonchev–Trinajstić information content (AvgIpc) is 3.50. The molecular formula is C38H44S2. The van der Waals surface area contributed by atoms with Crippen molar-refractivity contribution in [2.75, 3.05) is 0 Å². The molecule has 6 rings (SSSR count). The van der Waals surface area contributed by atoms with Gasteiger partial charge in [-0.15, -0.1) is 22.7 Å². The van der Waals surface area contributed by atoms with Crippen LogP contribution in [0, 0.1) is 11.8 Å². The summed E-state index contributed by atoms with van der Waals surface area (Å²) < 4.78 is 5.78. The van der Waals surface area contributed by atoms with Crippen LogP contribution in [0.2, 0.25) is 0 Å². The third kappa shape index (κ3) is 5.81. The van der Waals surface area contributed by atoms with Gasteiger partial charge in [-0.2, -0.15) is 0 Å². The Morgan fingerprint density at radius 2 is 0.825 bits per heavy atom. The van der Waals surface area contributed by atoms with Crippen molar-refractivity contribution >= 4 is 73.8 Å². The minimum atomic E-state index is 0.824. The monoisotopic (exact) mass is 564 g/mol. The van der Waals surface area contributed by atoms with E-state index < -0.39 is 0 Å². The summed E-state index contributed by atoms with van der Waals surface area (Å²) in [6, 6.07) is 24.0.